The highest BCUT2D eigenvalue weighted by Gasteiger charge is 1.96. The summed E-state index contributed by atoms with van der Waals surface area (Å²) < 4.78 is 4.59. The Morgan fingerprint density at radius 2 is 2.30 bits per heavy atom. The molecule has 0 aliphatic rings. The minimum absolute atomic E-state index is 0. The number of ether oxygens (including phenoxy) is 1. The number of hydrogen-bond acceptors (Lipinski definition) is 3. The smallest absolute Gasteiger partial charge is 0.307 e. The maximum atomic E-state index is 10.5. The van der Waals surface area contributed by atoms with Crippen LogP contribution < -0.4 is 5.73 Å². The van der Waals surface area contributed by atoms with Crippen LogP contribution in [0.15, 0.2) is 12.7 Å². The molecule has 2 N–H and O–H groups in total. The van der Waals surface area contributed by atoms with Gasteiger partial charge in [-0.15, -0.1) is 12.4 Å². The Balaban J connectivity index is 0. The molecule has 4 heteroatoms. The Kier molecular flexibility index (Phi) is 10.3. The van der Waals surface area contributed by atoms with Gasteiger partial charge in [-0.3, -0.25) is 4.79 Å². The Morgan fingerprint density at radius 3 is 2.70 bits per heavy atom. The van der Waals surface area contributed by atoms with Gasteiger partial charge in [0.2, 0.25) is 0 Å². The van der Waals surface area contributed by atoms with Gasteiger partial charge in [-0.2, -0.15) is 0 Å². The summed E-state index contributed by atoms with van der Waals surface area (Å²) in [5, 5.41) is 0. The normalized spacial score (nSPS) is 7.70. The molecule has 0 saturated heterocycles. The Labute approximate surface area is 66.6 Å². The van der Waals surface area contributed by atoms with Crippen molar-refractivity contribution in [3.8, 4) is 0 Å². The van der Waals surface area contributed by atoms with E-state index >= 15 is 0 Å². The molecule has 0 aliphatic carbocycles. The zero-order chi connectivity index (χ0) is 7.11. The van der Waals surface area contributed by atoms with Crippen molar-refractivity contribution >= 4 is 18.4 Å². The summed E-state index contributed by atoms with van der Waals surface area (Å²) in [5.74, 6) is -0.266. The molecule has 0 aromatic rings. The molecule has 0 bridgehead atoms. The van der Waals surface area contributed by atoms with Crippen LogP contribution in [0.2, 0.25) is 0 Å². The van der Waals surface area contributed by atoms with Gasteiger partial charge < -0.3 is 10.5 Å². The number of rotatable bonds is 4. The first-order valence-electron chi connectivity index (χ1n) is 2.78. The van der Waals surface area contributed by atoms with Crippen LogP contribution in [0.1, 0.15) is 6.42 Å². The van der Waals surface area contributed by atoms with Crippen molar-refractivity contribution in [3.63, 3.8) is 0 Å². The lowest BCUT2D eigenvalue weighted by molar-refractivity contribution is -0.142. The van der Waals surface area contributed by atoms with Gasteiger partial charge in [-0.1, -0.05) is 12.7 Å². The largest absolute Gasteiger partial charge is 0.461 e. The molecule has 0 spiro atoms. The van der Waals surface area contributed by atoms with Gasteiger partial charge in [0.1, 0.15) is 6.61 Å². The second-order valence-corrected chi connectivity index (χ2v) is 1.51. The van der Waals surface area contributed by atoms with E-state index in [4.69, 9.17) is 5.73 Å². The third kappa shape index (κ3) is 7.46. The first-order chi connectivity index (χ1) is 4.31. The summed E-state index contributed by atoms with van der Waals surface area (Å²) in [7, 11) is 0. The van der Waals surface area contributed by atoms with Crippen LogP contribution in [0.4, 0.5) is 0 Å². The van der Waals surface area contributed by atoms with E-state index in [-0.39, 0.29) is 31.4 Å². The molecule has 0 aliphatic heterocycles. The highest BCUT2D eigenvalue weighted by Crippen LogP contribution is 1.82. The predicted octanol–water partition coefficient (Wildman–Crippen LogP) is 0.486. The quantitative estimate of drug-likeness (QED) is 0.487. The topological polar surface area (TPSA) is 52.3 Å². The fourth-order valence-corrected chi connectivity index (χ4v) is 0.342. The minimum Gasteiger partial charge on any atom is -0.461 e. The summed E-state index contributed by atoms with van der Waals surface area (Å²) in [6.07, 6.45) is 1.81. The SMILES string of the molecule is C=CCOC(=O)CCN.Cl. The van der Waals surface area contributed by atoms with E-state index in [1.165, 1.54) is 6.08 Å². The average Bonchev–Trinajstić information content (AvgIpc) is 1.85. The lowest BCUT2D eigenvalue weighted by Gasteiger charge is -1.97. The Bertz CT molecular complexity index is 106. The monoisotopic (exact) mass is 165 g/mol. The van der Waals surface area contributed by atoms with Crippen molar-refractivity contribution in [1.82, 2.24) is 0 Å². The van der Waals surface area contributed by atoms with Crippen LogP contribution >= 0.6 is 12.4 Å². The highest BCUT2D eigenvalue weighted by atomic mass is 35.5. The van der Waals surface area contributed by atoms with Crippen LogP contribution in [0.25, 0.3) is 0 Å². The van der Waals surface area contributed by atoms with E-state index in [1.807, 2.05) is 0 Å². The van der Waals surface area contributed by atoms with Crippen molar-refractivity contribution in [2.45, 2.75) is 6.42 Å². The van der Waals surface area contributed by atoms with Crippen LogP contribution in [0.5, 0.6) is 0 Å². The van der Waals surface area contributed by atoms with Gasteiger partial charge in [0, 0.05) is 6.54 Å². The minimum atomic E-state index is -0.266. The number of esters is 1. The molecule has 3 nitrogen and oxygen atoms in total. The number of nitrogens with two attached hydrogens (primary N) is 1. The summed E-state index contributed by atoms with van der Waals surface area (Å²) >= 11 is 0. The maximum Gasteiger partial charge on any atom is 0.307 e. The van der Waals surface area contributed by atoms with Gasteiger partial charge in [0.15, 0.2) is 0 Å². The van der Waals surface area contributed by atoms with E-state index in [2.05, 4.69) is 11.3 Å². The van der Waals surface area contributed by atoms with E-state index in [9.17, 15) is 4.79 Å². The molecule has 0 aromatic heterocycles. The summed E-state index contributed by atoms with van der Waals surface area (Å²) in [5.41, 5.74) is 5.07. The molecule has 0 amide bonds. The molecular weight excluding hydrogens is 154 g/mol. The Morgan fingerprint density at radius 1 is 1.70 bits per heavy atom. The number of hydrogen-bond donors (Lipinski definition) is 1. The lowest BCUT2D eigenvalue weighted by Crippen LogP contribution is -2.10. The fourth-order valence-electron chi connectivity index (χ4n) is 0.342. The number of carbonyl (C=O) groups excluding carboxylic acids is 1. The van der Waals surface area contributed by atoms with Gasteiger partial charge in [0.05, 0.1) is 6.42 Å². The van der Waals surface area contributed by atoms with Gasteiger partial charge in [-0.05, 0) is 0 Å². The molecule has 0 radical (unpaired) electrons. The molecule has 0 unspecified atom stereocenters. The zero-order valence-electron chi connectivity index (χ0n) is 5.71. The second kappa shape index (κ2) is 8.46. The zero-order valence-corrected chi connectivity index (χ0v) is 6.52. The second-order valence-electron chi connectivity index (χ2n) is 1.51. The molecule has 0 saturated carbocycles. The fraction of sp³-hybridized carbons (Fsp3) is 0.500. The molecule has 10 heavy (non-hydrogen) atoms. The summed E-state index contributed by atoms with van der Waals surface area (Å²) in [6.45, 7) is 4.00. The van der Waals surface area contributed by atoms with Gasteiger partial charge in [-0.25, -0.2) is 0 Å². The van der Waals surface area contributed by atoms with Crippen molar-refractivity contribution in [1.29, 1.82) is 0 Å². The van der Waals surface area contributed by atoms with Crippen molar-refractivity contribution in [2.75, 3.05) is 13.2 Å². The van der Waals surface area contributed by atoms with E-state index < -0.39 is 0 Å². The molecule has 0 rings (SSSR count). The van der Waals surface area contributed by atoms with E-state index in [0.717, 1.165) is 0 Å². The van der Waals surface area contributed by atoms with Crippen molar-refractivity contribution in [2.24, 2.45) is 5.73 Å². The molecule has 0 heterocycles. The third-order valence-corrected chi connectivity index (χ3v) is 0.711. The Hall–Kier alpha value is -0.540. The maximum absolute atomic E-state index is 10.5. The molecule has 0 aromatic carbocycles. The van der Waals surface area contributed by atoms with Gasteiger partial charge >= 0.3 is 5.97 Å². The van der Waals surface area contributed by atoms with Crippen LogP contribution in [0.3, 0.4) is 0 Å². The standard InChI is InChI=1S/C6H11NO2.ClH/c1-2-5-9-6(8)3-4-7;/h2H,1,3-5,7H2;1H. The first-order valence-corrected chi connectivity index (χ1v) is 2.78. The van der Waals surface area contributed by atoms with Crippen LogP contribution in [0, 0.1) is 0 Å². The first kappa shape index (κ1) is 12.2. The van der Waals surface area contributed by atoms with Gasteiger partial charge in [0.25, 0.3) is 0 Å². The number of halogens is 1. The molecular formula is C6H12ClNO2. The highest BCUT2D eigenvalue weighted by molar-refractivity contribution is 5.85. The molecule has 0 fully saturated rings. The lowest BCUT2D eigenvalue weighted by atomic mass is 10.4. The third-order valence-electron chi connectivity index (χ3n) is 0.711. The van der Waals surface area contributed by atoms with Crippen LogP contribution in [-0.4, -0.2) is 19.1 Å². The van der Waals surface area contributed by atoms with Crippen molar-refractivity contribution in [3.05, 3.63) is 12.7 Å². The average molecular weight is 166 g/mol. The predicted molar refractivity (Wildman–Crippen MR) is 42.1 cm³/mol. The van der Waals surface area contributed by atoms with Crippen LogP contribution in [-0.2, 0) is 9.53 Å². The number of carbonyl (C=O) groups is 1. The van der Waals surface area contributed by atoms with E-state index in [0.29, 0.717) is 6.54 Å². The van der Waals surface area contributed by atoms with E-state index in [1.54, 1.807) is 0 Å². The van der Waals surface area contributed by atoms with Crippen molar-refractivity contribution < 1.29 is 9.53 Å². The molecule has 0 atom stereocenters. The molecule has 60 valence electrons. The summed E-state index contributed by atoms with van der Waals surface area (Å²) in [6, 6.07) is 0. The summed E-state index contributed by atoms with van der Waals surface area (Å²) in [4.78, 5) is 10.5.